The maximum Gasteiger partial charge on any atom is 0.224 e. The van der Waals surface area contributed by atoms with Crippen LogP contribution in [-0.4, -0.2) is 22.4 Å². The van der Waals surface area contributed by atoms with Gasteiger partial charge in [0.05, 0.1) is 17.4 Å². The summed E-state index contributed by atoms with van der Waals surface area (Å²) in [6.45, 7) is 0.361. The van der Waals surface area contributed by atoms with Crippen LogP contribution in [0, 0.1) is 5.82 Å². The SMILES string of the molecule is CSc1nnc(CNC(=O)Cc2ccc(F)c(Br)c2)s1. The van der Waals surface area contributed by atoms with E-state index in [1.165, 1.54) is 29.2 Å². The Kier molecular flexibility index (Phi) is 5.50. The zero-order valence-corrected chi connectivity index (χ0v) is 13.7. The molecule has 0 aliphatic heterocycles. The molecular formula is C12H11BrFN3OS2. The molecule has 2 aromatic rings. The smallest absolute Gasteiger partial charge is 0.224 e. The van der Waals surface area contributed by atoms with Gasteiger partial charge in [0.15, 0.2) is 4.34 Å². The number of aromatic nitrogens is 2. The Labute approximate surface area is 132 Å². The largest absolute Gasteiger partial charge is 0.349 e. The van der Waals surface area contributed by atoms with Crippen LogP contribution in [0.25, 0.3) is 0 Å². The Morgan fingerprint density at radius 3 is 2.95 bits per heavy atom. The van der Waals surface area contributed by atoms with Gasteiger partial charge in [-0.3, -0.25) is 4.79 Å². The number of rotatable bonds is 5. The summed E-state index contributed by atoms with van der Waals surface area (Å²) in [6, 6.07) is 4.53. The highest BCUT2D eigenvalue weighted by Crippen LogP contribution is 2.19. The molecule has 1 aromatic heterocycles. The zero-order chi connectivity index (χ0) is 14.5. The minimum Gasteiger partial charge on any atom is -0.349 e. The number of nitrogens with zero attached hydrogens (tertiary/aromatic N) is 2. The molecule has 1 aromatic carbocycles. The van der Waals surface area contributed by atoms with Gasteiger partial charge in [-0.2, -0.15) is 0 Å². The van der Waals surface area contributed by atoms with Crippen LogP contribution in [0.2, 0.25) is 0 Å². The van der Waals surface area contributed by atoms with Crippen molar-refractivity contribution in [2.75, 3.05) is 6.26 Å². The Bertz CT molecular complexity index is 620. The van der Waals surface area contributed by atoms with Crippen LogP contribution in [0.4, 0.5) is 4.39 Å². The van der Waals surface area contributed by atoms with Gasteiger partial charge in [-0.05, 0) is 39.9 Å². The molecule has 0 unspecified atom stereocenters. The van der Waals surface area contributed by atoms with E-state index in [4.69, 9.17) is 0 Å². The first-order valence-electron chi connectivity index (χ1n) is 5.65. The van der Waals surface area contributed by atoms with Crippen molar-refractivity contribution < 1.29 is 9.18 Å². The van der Waals surface area contributed by atoms with Gasteiger partial charge in [-0.15, -0.1) is 10.2 Å². The molecule has 0 atom stereocenters. The Balaban J connectivity index is 1.87. The van der Waals surface area contributed by atoms with Crippen LogP contribution < -0.4 is 5.32 Å². The average Bonchev–Trinajstić information content (AvgIpc) is 2.89. The van der Waals surface area contributed by atoms with Crippen molar-refractivity contribution >= 4 is 44.9 Å². The minimum atomic E-state index is -0.340. The summed E-state index contributed by atoms with van der Waals surface area (Å²) < 4.78 is 14.3. The lowest BCUT2D eigenvalue weighted by molar-refractivity contribution is -0.120. The van der Waals surface area contributed by atoms with Crippen molar-refractivity contribution in [3.63, 3.8) is 0 Å². The molecule has 20 heavy (non-hydrogen) atoms. The lowest BCUT2D eigenvalue weighted by Crippen LogP contribution is -2.24. The molecule has 2 rings (SSSR count). The van der Waals surface area contributed by atoms with Gasteiger partial charge in [0.1, 0.15) is 10.8 Å². The Hall–Kier alpha value is -0.990. The Morgan fingerprint density at radius 2 is 2.30 bits per heavy atom. The van der Waals surface area contributed by atoms with Gasteiger partial charge in [0, 0.05) is 0 Å². The fourth-order valence-corrected chi connectivity index (χ4v) is 3.14. The normalized spacial score (nSPS) is 10.6. The summed E-state index contributed by atoms with van der Waals surface area (Å²) in [6.07, 6.45) is 2.13. The highest BCUT2D eigenvalue weighted by atomic mass is 79.9. The monoisotopic (exact) mass is 375 g/mol. The third-order valence-electron chi connectivity index (χ3n) is 2.41. The zero-order valence-electron chi connectivity index (χ0n) is 10.5. The molecule has 0 aliphatic carbocycles. The topological polar surface area (TPSA) is 54.9 Å². The van der Waals surface area contributed by atoms with Crippen molar-refractivity contribution in [2.24, 2.45) is 0 Å². The lowest BCUT2D eigenvalue weighted by Gasteiger charge is -2.04. The second-order valence-electron chi connectivity index (χ2n) is 3.87. The van der Waals surface area contributed by atoms with Crippen LogP contribution in [-0.2, 0) is 17.8 Å². The van der Waals surface area contributed by atoms with Crippen LogP contribution in [0.3, 0.4) is 0 Å². The number of nitrogens with one attached hydrogen (secondary N) is 1. The van der Waals surface area contributed by atoms with Gasteiger partial charge in [0.25, 0.3) is 0 Å². The summed E-state index contributed by atoms with van der Waals surface area (Å²) >= 11 is 6.07. The van der Waals surface area contributed by atoms with E-state index in [0.29, 0.717) is 11.0 Å². The highest BCUT2D eigenvalue weighted by molar-refractivity contribution is 9.10. The van der Waals surface area contributed by atoms with Gasteiger partial charge in [-0.25, -0.2) is 4.39 Å². The molecule has 0 radical (unpaired) electrons. The van der Waals surface area contributed by atoms with Crippen molar-refractivity contribution in [3.8, 4) is 0 Å². The second kappa shape index (κ2) is 7.14. The highest BCUT2D eigenvalue weighted by Gasteiger charge is 2.08. The molecule has 4 nitrogen and oxygen atoms in total. The molecule has 8 heteroatoms. The second-order valence-corrected chi connectivity index (χ2v) is 6.84. The molecule has 0 aliphatic rings. The van der Waals surface area contributed by atoms with E-state index in [1.807, 2.05) is 6.26 Å². The number of hydrogen-bond donors (Lipinski definition) is 1. The number of hydrogen-bond acceptors (Lipinski definition) is 5. The van der Waals surface area contributed by atoms with E-state index in [2.05, 4.69) is 31.4 Å². The van der Waals surface area contributed by atoms with E-state index >= 15 is 0 Å². The standard InChI is InChI=1S/C12H11BrFN3OS2/c1-19-12-17-16-11(20-12)6-15-10(18)5-7-2-3-9(14)8(13)4-7/h2-4H,5-6H2,1H3,(H,15,18). The van der Waals surface area contributed by atoms with Crippen molar-refractivity contribution in [2.45, 2.75) is 17.3 Å². The number of thioether (sulfide) groups is 1. The van der Waals surface area contributed by atoms with E-state index in [0.717, 1.165) is 14.9 Å². The number of benzene rings is 1. The molecule has 1 N–H and O–H groups in total. The molecule has 0 saturated carbocycles. The molecule has 0 spiro atoms. The first-order chi connectivity index (χ1) is 9.58. The predicted molar refractivity (Wildman–Crippen MR) is 81.3 cm³/mol. The van der Waals surface area contributed by atoms with Crippen LogP contribution in [0.15, 0.2) is 27.0 Å². The molecule has 0 saturated heterocycles. The van der Waals surface area contributed by atoms with Crippen molar-refractivity contribution in [1.29, 1.82) is 0 Å². The first-order valence-corrected chi connectivity index (χ1v) is 8.49. The van der Waals surface area contributed by atoms with E-state index in [-0.39, 0.29) is 18.1 Å². The Morgan fingerprint density at radius 1 is 1.50 bits per heavy atom. The summed E-state index contributed by atoms with van der Waals surface area (Å²) in [5, 5.41) is 11.5. The first kappa shape index (κ1) is 15.4. The average molecular weight is 376 g/mol. The van der Waals surface area contributed by atoms with Gasteiger partial charge in [-0.1, -0.05) is 29.2 Å². The van der Waals surface area contributed by atoms with Gasteiger partial charge in [0.2, 0.25) is 5.91 Å². The number of carbonyl (C=O) groups is 1. The molecule has 1 heterocycles. The number of amides is 1. The minimum absolute atomic E-state index is 0.135. The maximum absolute atomic E-state index is 13.1. The summed E-state index contributed by atoms with van der Waals surface area (Å²) in [5.41, 5.74) is 0.748. The van der Waals surface area contributed by atoms with E-state index in [1.54, 1.807) is 12.1 Å². The fraction of sp³-hybridized carbons (Fsp3) is 0.250. The summed E-state index contributed by atoms with van der Waals surface area (Å²) in [4.78, 5) is 11.8. The molecule has 0 bridgehead atoms. The lowest BCUT2D eigenvalue weighted by atomic mass is 10.1. The van der Waals surface area contributed by atoms with Crippen molar-refractivity contribution in [3.05, 3.63) is 39.1 Å². The summed E-state index contributed by atoms with van der Waals surface area (Å²) in [5.74, 6) is -0.475. The third kappa shape index (κ3) is 4.26. The molecule has 0 fully saturated rings. The fourth-order valence-electron chi connectivity index (χ4n) is 1.46. The van der Waals surface area contributed by atoms with Crippen molar-refractivity contribution in [1.82, 2.24) is 15.5 Å². The van der Waals surface area contributed by atoms with E-state index < -0.39 is 0 Å². The van der Waals surface area contributed by atoms with Crippen LogP contribution in [0.1, 0.15) is 10.6 Å². The number of halogens is 2. The molecular weight excluding hydrogens is 365 g/mol. The van der Waals surface area contributed by atoms with Gasteiger partial charge < -0.3 is 5.32 Å². The predicted octanol–water partition coefficient (Wildman–Crippen LogP) is 3.02. The quantitative estimate of drug-likeness (QED) is 0.816. The summed E-state index contributed by atoms with van der Waals surface area (Å²) in [7, 11) is 0. The molecule has 1 amide bonds. The van der Waals surface area contributed by atoms with Crippen LogP contribution >= 0.6 is 39.0 Å². The third-order valence-corrected chi connectivity index (χ3v) is 4.91. The number of carbonyl (C=O) groups excluding carboxylic acids is 1. The maximum atomic E-state index is 13.1. The van der Waals surface area contributed by atoms with Gasteiger partial charge >= 0.3 is 0 Å². The van der Waals surface area contributed by atoms with E-state index in [9.17, 15) is 9.18 Å². The molecule has 106 valence electrons. The van der Waals surface area contributed by atoms with Crippen LogP contribution in [0.5, 0.6) is 0 Å².